The molecule has 1 fully saturated rings. The minimum absolute atomic E-state index is 0.191. The molecule has 1 heterocycles. The Morgan fingerprint density at radius 2 is 2.25 bits per heavy atom. The van der Waals surface area contributed by atoms with Gasteiger partial charge in [0.05, 0.1) is 11.8 Å². The predicted octanol–water partition coefficient (Wildman–Crippen LogP) is 2.41. The molecule has 0 aliphatic heterocycles. The topological polar surface area (TPSA) is 70.7 Å². The van der Waals surface area contributed by atoms with Crippen LogP contribution < -0.4 is 5.32 Å². The Bertz CT molecular complexity index is 533. The summed E-state index contributed by atoms with van der Waals surface area (Å²) in [7, 11) is 0. The van der Waals surface area contributed by atoms with E-state index in [1.165, 1.54) is 0 Å². The van der Waals surface area contributed by atoms with Gasteiger partial charge in [0, 0.05) is 6.54 Å². The van der Waals surface area contributed by atoms with Gasteiger partial charge in [-0.05, 0) is 51.5 Å². The Morgan fingerprint density at radius 1 is 1.60 bits per heavy atom. The zero-order chi connectivity index (χ0) is 14.8. The van der Waals surface area contributed by atoms with Crippen molar-refractivity contribution in [3.63, 3.8) is 0 Å². The van der Waals surface area contributed by atoms with E-state index >= 15 is 0 Å². The average molecular weight is 274 g/mol. The number of nitrogens with zero attached hydrogens (tertiary/aromatic N) is 3. The van der Waals surface area contributed by atoms with Gasteiger partial charge >= 0.3 is 0 Å². The van der Waals surface area contributed by atoms with Crippen molar-refractivity contribution in [3.05, 3.63) is 17.5 Å². The van der Waals surface area contributed by atoms with Gasteiger partial charge in [0.25, 0.3) is 5.91 Å². The van der Waals surface area contributed by atoms with Gasteiger partial charge in [0.2, 0.25) is 0 Å². The number of carbonyl (C=O) groups excluding carboxylic acids is 1. The SMILES string of the molecule is CCn1nc(C)cc1C(=O)NC1(C#N)CCC(C)CC1. The van der Waals surface area contributed by atoms with Gasteiger partial charge in [0.15, 0.2) is 0 Å². The molecule has 5 heteroatoms. The van der Waals surface area contributed by atoms with Crippen molar-refractivity contribution in [2.24, 2.45) is 5.92 Å². The van der Waals surface area contributed by atoms with Crippen LogP contribution in [0.25, 0.3) is 0 Å². The third-order valence-corrected chi connectivity index (χ3v) is 4.13. The zero-order valence-corrected chi connectivity index (χ0v) is 12.4. The molecule has 0 aromatic carbocycles. The van der Waals surface area contributed by atoms with Gasteiger partial charge in [-0.2, -0.15) is 10.4 Å². The van der Waals surface area contributed by atoms with E-state index < -0.39 is 5.54 Å². The maximum Gasteiger partial charge on any atom is 0.270 e. The van der Waals surface area contributed by atoms with Crippen LogP contribution in [0.3, 0.4) is 0 Å². The Balaban J connectivity index is 2.15. The van der Waals surface area contributed by atoms with E-state index in [1.807, 2.05) is 13.8 Å². The number of aryl methyl sites for hydroxylation is 2. The number of carbonyl (C=O) groups is 1. The van der Waals surface area contributed by atoms with Crippen molar-refractivity contribution >= 4 is 5.91 Å². The molecule has 0 bridgehead atoms. The summed E-state index contributed by atoms with van der Waals surface area (Å²) >= 11 is 0. The smallest absolute Gasteiger partial charge is 0.270 e. The van der Waals surface area contributed by atoms with Crippen LogP contribution in [0.5, 0.6) is 0 Å². The fraction of sp³-hybridized carbons (Fsp3) is 0.667. The number of hydrogen-bond acceptors (Lipinski definition) is 3. The highest BCUT2D eigenvalue weighted by Gasteiger charge is 2.36. The summed E-state index contributed by atoms with van der Waals surface area (Å²) < 4.78 is 1.68. The van der Waals surface area contributed by atoms with Crippen LogP contribution in [0.1, 0.15) is 55.7 Å². The van der Waals surface area contributed by atoms with Crippen molar-refractivity contribution in [3.8, 4) is 6.07 Å². The molecule has 1 N–H and O–H groups in total. The maximum atomic E-state index is 12.4. The molecule has 5 nitrogen and oxygen atoms in total. The molecule has 20 heavy (non-hydrogen) atoms. The Labute approximate surface area is 120 Å². The van der Waals surface area contributed by atoms with Crippen LogP contribution in [0, 0.1) is 24.2 Å². The molecule has 2 rings (SSSR count). The Morgan fingerprint density at radius 3 is 2.80 bits per heavy atom. The Kier molecular flexibility index (Phi) is 4.12. The molecule has 0 radical (unpaired) electrons. The number of nitrogens with one attached hydrogen (secondary N) is 1. The van der Waals surface area contributed by atoms with Gasteiger partial charge in [-0.15, -0.1) is 0 Å². The molecule has 0 unspecified atom stereocenters. The van der Waals surface area contributed by atoms with E-state index in [1.54, 1.807) is 10.7 Å². The van der Waals surface area contributed by atoms with Crippen LogP contribution in [0.15, 0.2) is 6.07 Å². The quantitative estimate of drug-likeness (QED) is 0.920. The molecule has 1 saturated carbocycles. The van der Waals surface area contributed by atoms with Gasteiger partial charge in [-0.1, -0.05) is 6.92 Å². The fourth-order valence-electron chi connectivity index (χ4n) is 2.77. The first-order chi connectivity index (χ1) is 9.49. The minimum Gasteiger partial charge on any atom is -0.332 e. The van der Waals surface area contributed by atoms with E-state index in [0.717, 1.165) is 31.4 Å². The lowest BCUT2D eigenvalue weighted by molar-refractivity contribution is 0.0883. The van der Waals surface area contributed by atoms with Crippen molar-refractivity contribution in [1.29, 1.82) is 5.26 Å². The summed E-state index contributed by atoms with van der Waals surface area (Å²) in [6.45, 7) is 6.66. The van der Waals surface area contributed by atoms with Gasteiger partial charge in [-0.3, -0.25) is 9.48 Å². The summed E-state index contributed by atoms with van der Waals surface area (Å²) in [6.07, 6.45) is 3.44. The van der Waals surface area contributed by atoms with E-state index in [-0.39, 0.29) is 5.91 Å². The summed E-state index contributed by atoms with van der Waals surface area (Å²) in [5, 5.41) is 16.7. The normalized spacial score (nSPS) is 26.0. The lowest BCUT2D eigenvalue weighted by Gasteiger charge is -2.34. The molecule has 1 aromatic rings. The maximum absolute atomic E-state index is 12.4. The highest BCUT2D eigenvalue weighted by atomic mass is 16.2. The lowest BCUT2D eigenvalue weighted by atomic mass is 9.78. The summed E-state index contributed by atoms with van der Waals surface area (Å²) in [4.78, 5) is 12.4. The van der Waals surface area contributed by atoms with Gasteiger partial charge < -0.3 is 5.32 Å². The monoisotopic (exact) mass is 274 g/mol. The molecule has 1 aliphatic carbocycles. The molecule has 0 spiro atoms. The molecule has 1 amide bonds. The van der Waals surface area contributed by atoms with E-state index in [9.17, 15) is 10.1 Å². The molecule has 0 saturated heterocycles. The number of rotatable bonds is 3. The van der Waals surface area contributed by atoms with Crippen molar-refractivity contribution in [2.45, 2.75) is 58.5 Å². The Hall–Kier alpha value is -1.83. The van der Waals surface area contributed by atoms with Crippen LogP contribution >= 0.6 is 0 Å². The molecule has 1 aliphatic rings. The molecule has 1 aromatic heterocycles. The van der Waals surface area contributed by atoms with Gasteiger partial charge in [0.1, 0.15) is 11.2 Å². The second-order valence-electron chi connectivity index (χ2n) is 5.82. The largest absolute Gasteiger partial charge is 0.332 e. The first kappa shape index (κ1) is 14.6. The molecular weight excluding hydrogens is 252 g/mol. The first-order valence-electron chi connectivity index (χ1n) is 7.28. The molecule has 0 atom stereocenters. The lowest BCUT2D eigenvalue weighted by Crippen LogP contribution is -2.49. The average Bonchev–Trinajstić information content (AvgIpc) is 2.83. The van der Waals surface area contributed by atoms with Gasteiger partial charge in [-0.25, -0.2) is 0 Å². The third-order valence-electron chi connectivity index (χ3n) is 4.13. The number of hydrogen-bond donors (Lipinski definition) is 1. The molecule has 108 valence electrons. The zero-order valence-electron chi connectivity index (χ0n) is 12.4. The highest BCUT2D eigenvalue weighted by Crippen LogP contribution is 2.31. The minimum atomic E-state index is -0.708. The number of nitriles is 1. The third kappa shape index (κ3) is 2.84. The second kappa shape index (κ2) is 5.66. The number of amides is 1. The van der Waals surface area contributed by atoms with Crippen LogP contribution in [0.2, 0.25) is 0 Å². The van der Waals surface area contributed by atoms with E-state index in [0.29, 0.717) is 18.2 Å². The second-order valence-corrected chi connectivity index (χ2v) is 5.82. The molecular formula is C15H22N4O. The summed E-state index contributed by atoms with van der Waals surface area (Å²) in [5.41, 5.74) is 0.652. The number of aromatic nitrogens is 2. The fourth-order valence-corrected chi connectivity index (χ4v) is 2.77. The summed E-state index contributed by atoms with van der Waals surface area (Å²) in [5.74, 6) is 0.445. The standard InChI is InChI=1S/C15H22N4O/c1-4-19-13(9-12(3)18-19)14(20)17-15(10-16)7-5-11(2)6-8-15/h9,11H,4-8H2,1-3H3,(H,17,20). The van der Waals surface area contributed by atoms with Crippen LogP contribution in [-0.2, 0) is 6.54 Å². The van der Waals surface area contributed by atoms with Crippen molar-refractivity contribution < 1.29 is 4.79 Å². The first-order valence-corrected chi connectivity index (χ1v) is 7.28. The van der Waals surface area contributed by atoms with Crippen molar-refractivity contribution in [1.82, 2.24) is 15.1 Å². The van der Waals surface area contributed by atoms with E-state index in [4.69, 9.17) is 0 Å². The predicted molar refractivity (Wildman–Crippen MR) is 76.1 cm³/mol. The van der Waals surface area contributed by atoms with Crippen molar-refractivity contribution in [2.75, 3.05) is 0 Å². The van der Waals surface area contributed by atoms with E-state index in [2.05, 4.69) is 23.4 Å². The van der Waals surface area contributed by atoms with Crippen LogP contribution in [0.4, 0.5) is 0 Å². The van der Waals surface area contributed by atoms with Crippen LogP contribution in [-0.4, -0.2) is 21.2 Å². The summed E-state index contributed by atoms with van der Waals surface area (Å²) in [6, 6.07) is 4.09. The highest BCUT2D eigenvalue weighted by molar-refractivity contribution is 5.93.